The maximum absolute atomic E-state index is 12.3. The number of rotatable bonds is 3. The zero-order valence-corrected chi connectivity index (χ0v) is 11.6. The topological polar surface area (TPSA) is 66.6 Å². The lowest BCUT2D eigenvalue weighted by Gasteiger charge is -2.25. The Hall–Kier alpha value is -0.845. The highest BCUT2D eigenvalue weighted by Crippen LogP contribution is 2.22. The highest BCUT2D eigenvalue weighted by Gasteiger charge is 2.32. The zero-order chi connectivity index (χ0) is 13.1. The molecule has 0 aromatic heterocycles. The maximum Gasteiger partial charge on any atom is 0.293 e. The van der Waals surface area contributed by atoms with Gasteiger partial charge < -0.3 is 15.7 Å². The van der Waals surface area contributed by atoms with Crippen LogP contribution in [-0.2, 0) is 4.79 Å². The van der Waals surface area contributed by atoms with E-state index in [1.165, 1.54) is 0 Å². The highest BCUT2D eigenvalue weighted by molar-refractivity contribution is 9.10. The molecule has 96 valence electrons. The van der Waals surface area contributed by atoms with E-state index in [0.717, 1.165) is 22.9 Å². The van der Waals surface area contributed by atoms with Crippen LogP contribution in [0, 0.1) is 0 Å². The minimum absolute atomic E-state index is 0.0127. The Labute approximate surface area is 116 Å². The summed E-state index contributed by atoms with van der Waals surface area (Å²) in [6.45, 7) is 0.689. The van der Waals surface area contributed by atoms with E-state index in [1.54, 1.807) is 4.90 Å². The van der Waals surface area contributed by atoms with Gasteiger partial charge in [0.2, 0.25) is 5.91 Å². The van der Waals surface area contributed by atoms with E-state index in [2.05, 4.69) is 15.9 Å². The summed E-state index contributed by atoms with van der Waals surface area (Å²) in [7, 11) is 0.0127. The van der Waals surface area contributed by atoms with Crippen LogP contribution in [0.15, 0.2) is 28.7 Å². The van der Waals surface area contributed by atoms with E-state index in [1.807, 2.05) is 24.3 Å². The van der Waals surface area contributed by atoms with E-state index >= 15 is 0 Å². The fraction of sp³-hybridized carbons (Fsp3) is 0.417. The summed E-state index contributed by atoms with van der Waals surface area (Å²) in [5, 5.41) is 9.23. The fourth-order valence-corrected chi connectivity index (χ4v) is 2.57. The molecule has 6 heteroatoms. The Morgan fingerprint density at radius 1 is 1.50 bits per heavy atom. The molecule has 3 N–H and O–H groups in total. The minimum atomic E-state index is -0.648. The lowest BCUT2D eigenvalue weighted by atomic mass is 9.86. The molecule has 1 aliphatic heterocycles. The predicted molar refractivity (Wildman–Crippen MR) is 75.2 cm³/mol. The van der Waals surface area contributed by atoms with E-state index < -0.39 is 6.04 Å². The second-order valence-corrected chi connectivity index (χ2v) is 5.46. The second-order valence-electron chi connectivity index (χ2n) is 4.54. The van der Waals surface area contributed by atoms with Crippen LogP contribution in [-0.4, -0.2) is 35.8 Å². The van der Waals surface area contributed by atoms with Crippen LogP contribution in [0.25, 0.3) is 0 Å². The SMILES string of the molecule is NC(C(=O)N1CCCC1BO)c1ccc(Br)cc1. The normalized spacial score (nSPS) is 20.8. The molecule has 0 saturated carbocycles. The van der Waals surface area contributed by atoms with Gasteiger partial charge >= 0.3 is 0 Å². The molecule has 4 nitrogen and oxygen atoms in total. The molecule has 1 amide bonds. The molecule has 2 unspecified atom stereocenters. The van der Waals surface area contributed by atoms with Crippen molar-refractivity contribution >= 4 is 29.3 Å². The Bertz CT molecular complexity index is 427. The van der Waals surface area contributed by atoms with Crippen LogP contribution < -0.4 is 5.73 Å². The van der Waals surface area contributed by atoms with Crippen molar-refractivity contribution < 1.29 is 9.82 Å². The van der Waals surface area contributed by atoms with Crippen molar-refractivity contribution in [1.82, 2.24) is 4.90 Å². The minimum Gasteiger partial charge on any atom is -0.452 e. The molecule has 2 rings (SSSR count). The number of carbonyl (C=O) groups excluding carboxylic acids is 1. The fourth-order valence-electron chi connectivity index (χ4n) is 2.31. The molecular formula is C12H16BBrN2O2. The lowest BCUT2D eigenvalue weighted by molar-refractivity contribution is -0.132. The van der Waals surface area contributed by atoms with Gasteiger partial charge in [0.1, 0.15) is 6.04 Å². The van der Waals surface area contributed by atoms with Gasteiger partial charge in [0, 0.05) is 17.0 Å². The number of benzene rings is 1. The van der Waals surface area contributed by atoms with Gasteiger partial charge in [-0.25, -0.2) is 0 Å². The molecule has 1 aromatic rings. The van der Waals surface area contributed by atoms with Gasteiger partial charge in [-0.05, 0) is 30.5 Å². The number of likely N-dealkylation sites (tertiary alicyclic amines) is 1. The number of nitrogens with zero attached hydrogens (tertiary/aromatic N) is 1. The number of amides is 1. The van der Waals surface area contributed by atoms with E-state index in [0.29, 0.717) is 6.54 Å². The molecule has 1 heterocycles. The monoisotopic (exact) mass is 310 g/mol. The van der Waals surface area contributed by atoms with Crippen LogP contribution in [0.5, 0.6) is 0 Å². The average molecular weight is 311 g/mol. The third kappa shape index (κ3) is 2.76. The summed E-state index contributed by atoms with van der Waals surface area (Å²) >= 11 is 3.35. The summed E-state index contributed by atoms with van der Waals surface area (Å²) in [4.78, 5) is 14.0. The van der Waals surface area contributed by atoms with Gasteiger partial charge in [0.25, 0.3) is 7.48 Å². The first-order valence-electron chi connectivity index (χ1n) is 6.06. The standard InChI is InChI=1S/C12H16BBrN2O2/c14-9-5-3-8(4-6-9)11(15)12(17)16-7-1-2-10(16)13-18/h3-6,10-11,13,18H,1-2,7,15H2. The number of carbonyl (C=O) groups is 1. The lowest BCUT2D eigenvalue weighted by Crippen LogP contribution is -2.44. The van der Waals surface area contributed by atoms with Crippen molar-refractivity contribution in [2.45, 2.75) is 24.8 Å². The molecule has 1 aromatic carbocycles. The van der Waals surface area contributed by atoms with Crippen LogP contribution >= 0.6 is 15.9 Å². The maximum atomic E-state index is 12.3. The van der Waals surface area contributed by atoms with Crippen LogP contribution in [0.2, 0.25) is 0 Å². The first-order chi connectivity index (χ1) is 8.63. The molecule has 1 fully saturated rings. The smallest absolute Gasteiger partial charge is 0.293 e. The van der Waals surface area contributed by atoms with Gasteiger partial charge in [-0.15, -0.1) is 0 Å². The first kappa shape index (κ1) is 13.6. The summed E-state index contributed by atoms with van der Waals surface area (Å²) in [5.41, 5.74) is 6.80. The average Bonchev–Trinajstić information content (AvgIpc) is 2.86. The van der Waals surface area contributed by atoms with Gasteiger partial charge in [-0.3, -0.25) is 4.79 Å². The van der Waals surface area contributed by atoms with Gasteiger partial charge in [0.15, 0.2) is 0 Å². The van der Waals surface area contributed by atoms with Crippen LogP contribution in [0.1, 0.15) is 24.4 Å². The Balaban J connectivity index is 2.11. The molecule has 0 spiro atoms. The van der Waals surface area contributed by atoms with Crippen LogP contribution in [0.3, 0.4) is 0 Å². The Morgan fingerprint density at radius 3 is 2.78 bits per heavy atom. The molecule has 2 atom stereocenters. The quantitative estimate of drug-likeness (QED) is 0.809. The third-order valence-corrected chi connectivity index (χ3v) is 3.89. The van der Waals surface area contributed by atoms with Crippen molar-refractivity contribution in [1.29, 1.82) is 0 Å². The van der Waals surface area contributed by atoms with Crippen molar-refractivity contribution in [3.8, 4) is 0 Å². The Kier molecular flexibility index (Phi) is 4.42. The molecule has 0 aliphatic carbocycles. The number of hydrogen-bond donors (Lipinski definition) is 2. The molecule has 18 heavy (non-hydrogen) atoms. The van der Waals surface area contributed by atoms with Crippen molar-refractivity contribution in [3.63, 3.8) is 0 Å². The number of nitrogens with two attached hydrogens (primary N) is 1. The summed E-state index contributed by atoms with van der Waals surface area (Å²) in [6.07, 6.45) is 1.79. The molecule has 1 saturated heterocycles. The highest BCUT2D eigenvalue weighted by atomic mass is 79.9. The number of hydrogen-bond acceptors (Lipinski definition) is 3. The largest absolute Gasteiger partial charge is 0.452 e. The molecule has 0 radical (unpaired) electrons. The van der Waals surface area contributed by atoms with Crippen molar-refractivity contribution in [2.75, 3.05) is 6.54 Å². The zero-order valence-electron chi connectivity index (χ0n) is 10.1. The van der Waals surface area contributed by atoms with Crippen molar-refractivity contribution in [3.05, 3.63) is 34.3 Å². The van der Waals surface area contributed by atoms with E-state index in [-0.39, 0.29) is 19.3 Å². The van der Waals surface area contributed by atoms with Gasteiger partial charge in [0.05, 0.1) is 0 Å². The summed E-state index contributed by atoms with van der Waals surface area (Å²) in [6, 6.07) is 6.78. The molecule has 1 aliphatic rings. The summed E-state index contributed by atoms with van der Waals surface area (Å²) in [5.74, 6) is -0.173. The third-order valence-electron chi connectivity index (χ3n) is 3.37. The molecule has 0 bridgehead atoms. The van der Waals surface area contributed by atoms with Gasteiger partial charge in [-0.2, -0.15) is 0 Å². The van der Waals surface area contributed by atoms with E-state index in [9.17, 15) is 9.82 Å². The first-order valence-corrected chi connectivity index (χ1v) is 6.85. The van der Waals surface area contributed by atoms with Crippen LogP contribution in [0.4, 0.5) is 0 Å². The van der Waals surface area contributed by atoms with E-state index in [4.69, 9.17) is 5.73 Å². The molecular weight excluding hydrogens is 295 g/mol. The van der Waals surface area contributed by atoms with Gasteiger partial charge in [-0.1, -0.05) is 28.1 Å². The van der Waals surface area contributed by atoms with Crippen molar-refractivity contribution in [2.24, 2.45) is 5.73 Å². The number of halogens is 1. The summed E-state index contributed by atoms with van der Waals surface area (Å²) < 4.78 is 0.959. The second kappa shape index (κ2) is 5.86. The predicted octanol–water partition coefficient (Wildman–Crippen LogP) is 0.741. The Morgan fingerprint density at radius 2 is 2.17 bits per heavy atom.